The molecule has 2 aromatic rings. The van der Waals surface area contributed by atoms with Crippen molar-refractivity contribution in [2.45, 2.75) is 13.3 Å². The highest BCUT2D eigenvalue weighted by Crippen LogP contribution is 2.30. The number of aryl methyl sites for hydroxylation is 1. The molecule has 0 aliphatic carbocycles. The average Bonchev–Trinajstić information content (AvgIpc) is 2.66. The van der Waals surface area contributed by atoms with Gasteiger partial charge in [-0.3, -0.25) is 4.79 Å². The van der Waals surface area contributed by atoms with E-state index in [1.807, 2.05) is 42.5 Å². The minimum atomic E-state index is -0.432. The van der Waals surface area contributed by atoms with E-state index in [1.165, 1.54) is 5.56 Å². The third-order valence-electron chi connectivity index (χ3n) is 3.66. The molecule has 0 saturated heterocycles. The van der Waals surface area contributed by atoms with Crippen LogP contribution in [-0.4, -0.2) is 12.5 Å². The summed E-state index contributed by atoms with van der Waals surface area (Å²) in [6, 6.07) is 13.3. The number of hydrogen-bond donors (Lipinski definition) is 1. The minimum absolute atomic E-state index is 0.0425. The third kappa shape index (κ3) is 6.07. The summed E-state index contributed by atoms with van der Waals surface area (Å²) in [5, 5.41) is 12.2. The largest absolute Gasteiger partial charge is 0.487 e. The van der Waals surface area contributed by atoms with Crippen LogP contribution in [0.15, 0.2) is 54.6 Å². The van der Waals surface area contributed by atoms with E-state index < -0.39 is 5.91 Å². The number of nitrogens with zero attached hydrogens (tertiary/aromatic N) is 1. The van der Waals surface area contributed by atoms with Crippen LogP contribution < -0.4 is 10.1 Å². The fourth-order valence-electron chi connectivity index (χ4n) is 2.28. The van der Waals surface area contributed by atoms with Crippen LogP contribution in [0.5, 0.6) is 5.75 Å². The Morgan fingerprint density at radius 1 is 1.26 bits per heavy atom. The molecule has 6 heteroatoms. The van der Waals surface area contributed by atoms with Crippen LogP contribution in [0.2, 0.25) is 0 Å². The predicted octanol–water partition coefficient (Wildman–Crippen LogP) is 5.57. The maximum absolute atomic E-state index is 12.4. The van der Waals surface area contributed by atoms with Gasteiger partial charge < -0.3 is 10.1 Å². The zero-order chi connectivity index (χ0) is 19.8. The zero-order valence-electron chi connectivity index (χ0n) is 14.8. The van der Waals surface area contributed by atoms with Crippen LogP contribution in [0.3, 0.4) is 0 Å². The quantitative estimate of drug-likeness (QED) is 0.201. The topological polar surface area (TPSA) is 62.1 Å². The van der Waals surface area contributed by atoms with Gasteiger partial charge in [-0.25, -0.2) is 0 Å². The molecule has 0 radical (unpaired) electrons. The molecule has 1 amide bonds. The van der Waals surface area contributed by atoms with Crippen LogP contribution in [0.4, 0.5) is 5.69 Å². The lowest BCUT2D eigenvalue weighted by Crippen LogP contribution is -2.13. The van der Waals surface area contributed by atoms with Crippen molar-refractivity contribution in [1.29, 1.82) is 5.26 Å². The van der Waals surface area contributed by atoms with Crippen LogP contribution >= 0.6 is 45.2 Å². The van der Waals surface area contributed by atoms with Gasteiger partial charge in [0, 0.05) is 5.69 Å². The van der Waals surface area contributed by atoms with Crippen molar-refractivity contribution >= 4 is 62.9 Å². The second kappa shape index (κ2) is 10.5. The molecular formula is C21H18I2N2O2. The Balaban J connectivity index is 2.22. The summed E-state index contributed by atoms with van der Waals surface area (Å²) < 4.78 is 7.46. The first-order chi connectivity index (χ1) is 13.0. The van der Waals surface area contributed by atoms with Gasteiger partial charge in [-0.2, -0.15) is 5.26 Å². The Kier molecular flexibility index (Phi) is 8.31. The molecule has 138 valence electrons. The lowest BCUT2D eigenvalue weighted by Gasteiger charge is -2.10. The van der Waals surface area contributed by atoms with Gasteiger partial charge in [0.15, 0.2) is 0 Å². The van der Waals surface area contributed by atoms with Crippen LogP contribution in [0.25, 0.3) is 6.08 Å². The Labute approximate surface area is 186 Å². The van der Waals surface area contributed by atoms with Crippen molar-refractivity contribution in [2.75, 3.05) is 11.9 Å². The van der Waals surface area contributed by atoms with Gasteiger partial charge in [-0.1, -0.05) is 31.7 Å². The van der Waals surface area contributed by atoms with Gasteiger partial charge >= 0.3 is 0 Å². The summed E-state index contributed by atoms with van der Waals surface area (Å²) in [5.41, 5.74) is 2.66. The predicted molar refractivity (Wildman–Crippen MR) is 126 cm³/mol. The lowest BCUT2D eigenvalue weighted by atomic mass is 10.1. The van der Waals surface area contributed by atoms with E-state index in [4.69, 9.17) is 4.74 Å². The molecule has 2 aromatic carbocycles. The van der Waals surface area contributed by atoms with Crippen LogP contribution in [0, 0.1) is 18.5 Å². The first kappa shape index (κ1) is 21.4. The number of carbonyl (C=O) groups excluding carboxylic acids is 1. The number of anilines is 1. The van der Waals surface area contributed by atoms with E-state index in [0.717, 1.165) is 24.9 Å². The normalized spacial score (nSPS) is 10.8. The number of carbonyl (C=O) groups is 1. The number of nitrogens with one attached hydrogen (secondary N) is 1. The number of rotatable bonds is 7. The smallest absolute Gasteiger partial charge is 0.266 e. The van der Waals surface area contributed by atoms with Gasteiger partial charge in [0.2, 0.25) is 0 Å². The highest BCUT2D eigenvalue weighted by molar-refractivity contribution is 14.1. The molecule has 0 heterocycles. The second-order valence-corrected chi connectivity index (χ2v) is 7.91. The summed E-state index contributed by atoms with van der Waals surface area (Å²) in [5.74, 6) is 0.339. The van der Waals surface area contributed by atoms with E-state index in [-0.39, 0.29) is 5.57 Å². The molecule has 0 aliphatic rings. The lowest BCUT2D eigenvalue weighted by molar-refractivity contribution is -0.112. The highest BCUT2D eigenvalue weighted by Gasteiger charge is 2.12. The van der Waals surface area contributed by atoms with E-state index in [1.54, 1.807) is 12.2 Å². The van der Waals surface area contributed by atoms with Gasteiger partial charge in [0.05, 0.1) is 7.14 Å². The van der Waals surface area contributed by atoms with Crippen LogP contribution in [-0.2, 0) is 11.2 Å². The Hall–Kier alpha value is -1.86. The number of nitriles is 1. The molecule has 0 bridgehead atoms. The average molecular weight is 584 g/mol. The number of halogens is 2. The first-order valence-corrected chi connectivity index (χ1v) is 10.4. The van der Waals surface area contributed by atoms with Crippen molar-refractivity contribution in [3.63, 3.8) is 0 Å². The number of ether oxygens (including phenoxy) is 1. The van der Waals surface area contributed by atoms with E-state index in [9.17, 15) is 10.1 Å². The number of benzene rings is 2. The van der Waals surface area contributed by atoms with Crippen molar-refractivity contribution in [3.8, 4) is 11.8 Å². The summed E-state index contributed by atoms with van der Waals surface area (Å²) >= 11 is 4.35. The SMILES string of the molecule is C=CCOc1c(I)cc(/C=C(\C#N)C(=O)Nc2ccc(CC)cc2)cc1I. The van der Waals surface area contributed by atoms with Gasteiger partial charge in [-0.05, 0) is 93.1 Å². The second-order valence-electron chi connectivity index (χ2n) is 5.59. The molecule has 0 unspecified atom stereocenters. The highest BCUT2D eigenvalue weighted by atomic mass is 127. The molecule has 0 fully saturated rings. The molecule has 27 heavy (non-hydrogen) atoms. The van der Waals surface area contributed by atoms with E-state index >= 15 is 0 Å². The molecule has 4 nitrogen and oxygen atoms in total. The van der Waals surface area contributed by atoms with E-state index in [2.05, 4.69) is 64.0 Å². The standard InChI is InChI=1S/C21H18I2N2O2/c1-3-9-27-20-18(22)11-15(12-19(20)23)10-16(13-24)21(26)25-17-7-5-14(4-2)6-8-17/h3,5-8,10-12H,1,4,9H2,2H3,(H,25,26)/b16-10+. The Morgan fingerprint density at radius 3 is 2.41 bits per heavy atom. The Morgan fingerprint density at radius 2 is 1.89 bits per heavy atom. The molecule has 0 saturated carbocycles. The zero-order valence-corrected chi connectivity index (χ0v) is 19.1. The third-order valence-corrected chi connectivity index (χ3v) is 5.26. The molecule has 0 aromatic heterocycles. The molecule has 2 rings (SSSR count). The van der Waals surface area contributed by atoms with E-state index in [0.29, 0.717) is 12.3 Å². The minimum Gasteiger partial charge on any atom is -0.487 e. The summed E-state index contributed by atoms with van der Waals surface area (Å²) in [6.07, 6.45) is 4.20. The van der Waals surface area contributed by atoms with Crippen molar-refractivity contribution in [3.05, 3.63) is 72.9 Å². The van der Waals surface area contributed by atoms with Gasteiger partial charge in [-0.15, -0.1) is 0 Å². The summed E-state index contributed by atoms with van der Waals surface area (Å²) in [6.45, 7) is 6.14. The molecule has 0 aliphatic heterocycles. The molecular weight excluding hydrogens is 566 g/mol. The summed E-state index contributed by atoms with van der Waals surface area (Å²) in [4.78, 5) is 12.4. The van der Waals surface area contributed by atoms with Crippen molar-refractivity contribution in [1.82, 2.24) is 0 Å². The van der Waals surface area contributed by atoms with Gasteiger partial charge in [0.25, 0.3) is 5.91 Å². The molecule has 0 spiro atoms. The summed E-state index contributed by atoms with van der Waals surface area (Å²) in [7, 11) is 0. The first-order valence-electron chi connectivity index (χ1n) is 8.23. The maximum atomic E-state index is 12.4. The monoisotopic (exact) mass is 584 g/mol. The fourth-order valence-corrected chi connectivity index (χ4v) is 4.41. The maximum Gasteiger partial charge on any atom is 0.266 e. The number of amides is 1. The van der Waals surface area contributed by atoms with Crippen molar-refractivity contribution in [2.24, 2.45) is 0 Å². The van der Waals surface area contributed by atoms with Crippen LogP contribution in [0.1, 0.15) is 18.1 Å². The van der Waals surface area contributed by atoms with Gasteiger partial charge in [0.1, 0.15) is 24.0 Å². The Bertz CT molecular complexity index is 890. The molecule has 0 atom stereocenters. The fraction of sp³-hybridized carbons (Fsp3) is 0.143. The molecule has 1 N–H and O–H groups in total. The number of hydrogen-bond acceptors (Lipinski definition) is 3. The van der Waals surface area contributed by atoms with Crippen molar-refractivity contribution < 1.29 is 9.53 Å².